The number of amides is 2. The SMILES string of the molecule is O=C(Nc1ccccc1Cl)[C@H]1CC(=O)N(CCC23CC4CC(CC(C4)C2)C3)C(=Nc2ccc(Cl)cc2)S1. The van der Waals surface area contributed by atoms with Gasteiger partial charge in [-0.3, -0.25) is 14.5 Å². The van der Waals surface area contributed by atoms with Crippen LogP contribution in [0, 0.1) is 23.2 Å². The molecule has 0 spiro atoms. The molecule has 1 saturated heterocycles. The predicted octanol–water partition coefficient (Wildman–Crippen LogP) is 7.56. The molecule has 4 bridgehead atoms. The molecule has 2 aromatic rings. The van der Waals surface area contributed by atoms with Gasteiger partial charge in [-0.2, -0.15) is 0 Å². The molecule has 5 fully saturated rings. The Labute approximate surface area is 232 Å². The molecule has 194 valence electrons. The number of carbonyl (C=O) groups is 2. The first-order valence-corrected chi connectivity index (χ1v) is 14.9. The Kier molecular flexibility index (Phi) is 7.02. The number of nitrogens with one attached hydrogen (secondary N) is 1. The van der Waals surface area contributed by atoms with Crippen LogP contribution in [0.4, 0.5) is 11.4 Å². The fourth-order valence-electron chi connectivity index (χ4n) is 7.41. The van der Waals surface area contributed by atoms with Crippen molar-refractivity contribution in [2.24, 2.45) is 28.2 Å². The normalized spacial score (nSPS) is 31.7. The van der Waals surface area contributed by atoms with Gasteiger partial charge in [-0.1, -0.05) is 47.1 Å². The zero-order valence-electron chi connectivity index (χ0n) is 20.7. The third-order valence-corrected chi connectivity index (χ3v) is 10.4. The molecule has 7 rings (SSSR count). The van der Waals surface area contributed by atoms with E-state index in [0.29, 0.717) is 38.5 Å². The van der Waals surface area contributed by atoms with E-state index in [2.05, 4.69) is 5.32 Å². The molecule has 1 N–H and O–H groups in total. The van der Waals surface area contributed by atoms with Crippen molar-refractivity contribution < 1.29 is 9.59 Å². The summed E-state index contributed by atoms with van der Waals surface area (Å²) in [6, 6.07) is 14.4. The monoisotopic (exact) mass is 555 g/mol. The highest BCUT2D eigenvalue weighted by Crippen LogP contribution is 2.61. The quantitative estimate of drug-likeness (QED) is 0.400. The summed E-state index contributed by atoms with van der Waals surface area (Å²) in [6.45, 7) is 0.656. The molecule has 2 amide bonds. The molecule has 4 saturated carbocycles. The maximum Gasteiger partial charge on any atom is 0.238 e. The van der Waals surface area contributed by atoms with Gasteiger partial charge >= 0.3 is 0 Å². The lowest BCUT2D eigenvalue weighted by Crippen LogP contribution is -2.50. The molecule has 1 aliphatic heterocycles. The molecule has 1 atom stereocenters. The number of thioether (sulfide) groups is 1. The van der Waals surface area contributed by atoms with Gasteiger partial charge in [-0.15, -0.1) is 0 Å². The summed E-state index contributed by atoms with van der Waals surface area (Å²) in [5, 5.41) is 4.00. The standard InChI is InChI=1S/C29H31Cl2N3O2S/c30-21-5-7-22(8-6-21)32-28-34(10-9-29-15-18-11-19(16-29)13-20(12-18)17-29)26(35)14-25(37-28)27(36)33-24-4-2-1-3-23(24)31/h1-8,18-20,25H,9-17H2,(H,33,36)/t18?,19?,20?,25-,29?/m1/s1. The number of aliphatic imine (C=N–C) groups is 1. The highest BCUT2D eigenvalue weighted by Gasteiger charge is 2.51. The van der Waals surface area contributed by atoms with Crippen LogP contribution in [0.25, 0.3) is 0 Å². The minimum Gasteiger partial charge on any atom is -0.324 e. The average molecular weight is 557 g/mol. The Morgan fingerprint density at radius 3 is 2.30 bits per heavy atom. The third-order valence-electron chi connectivity index (χ3n) is 8.65. The summed E-state index contributed by atoms with van der Waals surface area (Å²) in [7, 11) is 0. The first-order valence-electron chi connectivity index (χ1n) is 13.2. The van der Waals surface area contributed by atoms with Crippen molar-refractivity contribution in [2.45, 2.75) is 56.6 Å². The zero-order valence-corrected chi connectivity index (χ0v) is 23.0. The van der Waals surface area contributed by atoms with Gasteiger partial charge in [-0.25, -0.2) is 4.99 Å². The van der Waals surface area contributed by atoms with Crippen LogP contribution in [0.1, 0.15) is 51.4 Å². The van der Waals surface area contributed by atoms with Gasteiger partial charge in [0.1, 0.15) is 5.25 Å². The van der Waals surface area contributed by atoms with Crippen molar-refractivity contribution in [1.82, 2.24) is 4.90 Å². The molecule has 0 radical (unpaired) electrons. The Balaban J connectivity index is 1.22. The number of amidine groups is 1. The summed E-state index contributed by atoms with van der Waals surface area (Å²) in [6.07, 6.45) is 9.29. The Morgan fingerprint density at radius 1 is 1.00 bits per heavy atom. The van der Waals surface area contributed by atoms with E-state index in [1.54, 1.807) is 24.3 Å². The van der Waals surface area contributed by atoms with Crippen LogP contribution in [-0.2, 0) is 9.59 Å². The van der Waals surface area contributed by atoms with E-state index in [1.165, 1.54) is 50.3 Å². The van der Waals surface area contributed by atoms with E-state index < -0.39 is 5.25 Å². The third kappa shape index (κ3) is 5.43. The highest BCUT2D eigenvalue weighted by atomic mass is 35.5. The van der Waals surface area contributed by atoms with E-state index in [0.717, 1.165) is 24.2 Å². The molecule has 5 nitrogen and oxygen atoms in total. The van der Waals surface area contributed by atoms with E-state index in [-0.39, 0.29) is 18.2 Å². The number of hydrogen-bond donors (Lipinski definition) is 1. The Bertz CT molecular complexity index is 1200. The first-order chi connectivity index (χ1) is 17.9. The van der Waals surface area contributed by atoms with Gasteiger partial charge in [0.15, 0.2) is 5.17 Å². The minimum atomic E-state index is -0.578. The highest BCUT2D eigenvalue weighted by molar-refractivity contribution is 8.15. The number of halogens is 2. The van der Waals surface area contributed by atoms with Crippen molar-refractivity contribution in [3.8, 4) is 0 Å². The summed E-state index contributed by atoms with van der Waals surface area (Å²) in [4.78, 5) is 33.3. The number of rotatable bonds is 6. The number of anilines is 1. The van der Waals surface area contributed by atoms with Crippen LogP contribution in [0.5, 0.6) is 0 Å². The lowest BCUT2D eigenvalue weighted by atomic mass is 9.49. The minimum absolute atomic E-state index is 0.0458. The average Bonchev–Trinajstić information content (AvgIpc) is 2.85. The molecule has 0 aromatic heterocycles. The van der Waals surface area contributed by atoms with Crippen molar-refractivity contribution in [1.29, 1.82) is 0 Å². The van der Waals surface area contributed by atoms with Gasteiger partial charge < -0.3 is 5.32 Å². The van der Waals surface area contributed by atoms with Crippen LogP contribution in [0.2, 0.25) is 10.0 Å². The molecule has 2 aromatic carbocycles. The largest absolute Gasteiger partial charge is 0.324 e. The number of carbonyl (C=O) groups excluding carboxylic acids is 2. The van der Waals surface area contributed by atoms with E-state index in [4.69, 9.17) is 28.2 Å². The predicted molar refractivity (Wildman–Crippen MR) is 152 cm³/mol. The summed E-state index contributed by atoms with van der Waals surface area (Å²) >= 11 is 13.7. The topological polar surface area (TPSA) is 61.8 Å². The number of hydrogen-bond acceptors (Lipinski definition) is 4. The molecular formula is C29H31Cl2N3O2S. The Hall–Kier alpha value is -2.02. The number of benzene rings is 2. The number of nitrogens with zero attached hydrogens (tertiary/aromatic N) is 2. The summed E-state index contributed by atoms with van der Waals surface area (Å²) in [5.74, 6) is 2.33. The molecular weight excluding hydrogens is 525 g/mol. The van der Waals surface area contributed by atoms with Gasteiger partial charge in [0.25, 0.3) is 0 Å². The second-order valence-electron chi connectivity index (χ2n) is 11.4. The lowest BCUT2D eigenvalue weighted by Gasteiger charge is -2.57. The first kappa shape index (κ1) is 25.3. The van der Waals surface area contributed by atoms with Crippen molar-refractivity contribution >= 4 is 63.3 Å². The zero-order chi connectivity index (χ0) is 25.6. The fourth-order valence-corrected chi connectivity index (χ4v) is 8.84. The van der Waals surface area contributed by atoms with E-state index >= 15 is 0 Å². The van der Waals surface area contributed by atoms with E-state index in [1.807, 2.05) is 29.2 Å². The summed E-state index contributed by atoms with van der Waals surface area (Å²) < 4.78 is 0. The maximum absolute atomic E-state index is 13.5. The molecule has 37 heavy (non-hydrogen) atoms. The van der Waals surface area contributed by atoms with Crippen LogP contribution < -0.4 is 5.32 Å². The van der Waals surface area contributed by atoms with Crippen LogP contribution >= 0.6 is 35.0 Å². The second kappa shape index (κ2) is 10.3. The fraction of sp³-hybridized carbons (Fsp3) is 0.483. The molecule has 8 heteroatoms. The molecule has 4 aliphatic carbocycles. The molecule has 1 heterocycles. The van der Waals surface area contributed by atoms with Gasteiger partial charge in [-0.05, 0) is 105 Å². The van der Waals surface area contributed by atoms with Crippen molar-refractivity contribution in [3.05, 3.63) is 58.6 Å². The second-order valence-corrected chi connectivity index (χ2v) is 13.4. The van der Waals surface area contributed by atoms with Gasteiger partial charge in [0, 0.05) is 18.0 Å². The van der Waals surface area contributed by atoms with Gasteiger partial charge in [0.2, 0.25) is 11.8 Å². The van der Waals surface area contributed by atoms with Crippen molar-refractivity contribution in [3.63, 3.8) is 0 Å². The van der Waals surface area contributed by atoms with Crippen molar-refractivity contribution in [2.75, 3.05) is 11.9 Å². The number of para-hydroxylation sites is 1. The van der Waals surface area contributed by atoms with Crippen LogP contribution in [0.3, 0.4) is 0 Å². The lowest BCUT2D eigenvalue weighted by molar-refractivity contribution is -0.130. The maximum atomic E-state index is 13.5. The molecule has 0 unspecified atom stereocenters. The smallest absolute Gasteiger partial charge is 0.238 e. The molecule has 5 aliphatic rings. The Morgan fingerprint density at radius 2 is 1.65 bits per heavy atom. The van der Waals surface area contributed by atoms with Crippen LogP contribution in [-0.4, -0.2) is 33.7 Å². The van der Waals surface area contributed by atoms with Gasteiger partial charge in [0.05, 0.1) is 16.4 Å². The summed E-state index contributed by atoms with van der Waals surface area (Å²) in [5.41, 5.74) is 1.62. The van der Waals surface area contributed by atoms with Crippen LogP contribution in [0.15, 0.2) is 53.5 Å². The van der Waals surface area contributed by atoms with E-state index in [9.17, 15) is 9.59 Å².